The van der Waals surface area contributed by atoms with Crippen LogP contribution in [0.1, 0.15) is 13.3 Å². The Morgan fingerprint density at radius 2 is 2.07 bits per heavy atom. The van der Waals surface area contributed by atoms with Gasteiger partial charge in [-0.2, -0.15) is 0 Å². The number of ether oxygens (including phenoxy) is 1. The summed E-state index contributed by atoms with van der Waals surface area (Å²) in [7, 11) is 0. The fourth-order valence-electron chi connectivity index (χ4n) is 1.57. The molecule has 2 rings (SSSR count). The van der Waals surface area contributed by atoms with Crippen LogP contribution < -0.4 is 4.90 Å². The lowest BCUT2D eigenvalue weighted by Gasteiger charge is -2.12. The smallest absolute Gasteiger partial charge is 0.420 e. The van der Waals surface area contributed by atoms with Crippen LogP contribution in [0.15, 0.2) is 30.3 Å². The minimum absolute atomic E-state index is 0.216. The molecule has 1 aromatic rings. The van der Waals surface area contributed by atoms with Crippen molar-refractivity contribution in [3.8, 4) is 0 Å². The molecule has 0 bridgehead atoms. The first-order chi connectivity index (χ1) is 7.24. The fraction of sp³-hybridized carbons (Fsp3) is 0.273. The van der Waals surface area contributed by atoms with Gasteiger partial charge >= 0.3 is 6.09 Å². The van der Waals surface area contributed by atoms with Gasteiger partial charge in [-0.15, -0.1) is 0 Å². The van der Waals surface area contributed by atoms with Gasteiger partial charge in [0.2, 0.25) is 0 Å². The molecule has 1 N–H and O–H groups in total. The van der Waals surface area contributed by atoms with Gasteiger partial charge < -0.3 is 4.74 Å². The summed E-state index contributed by atoms with van der Waals surface area (Å²) in [6, 6.07) is 9.10. The molecule has 0 spiro atoms. The molecule has 1 heterocycles. The Morgan fingerprint density at radius 1 is 1.40 bits per heavy atom. The third-order valence-electron chi connectivity index (χ3n) is 2.36. The molecule has 0 aliphatic carbocycles. The molecular weight excluding hydrogens is 192 g/mol. The Balaban J connectivity index is 2.31. The standard InChI is InChI=1S/C11H12N2O2/c1-2-9-10(12)13(11(14)15-9)8-6-4-3-5-7-8/h3-7,9,12H,2H2,1H3. The van der Waals surface area contributed by atoms with Gasteiger partial charge in [0, 0.05) is 0 Å². The van der Waals surface area contributed by atoms with E-state index in [0.717, 1.165) is 0 Å². The van der Waals surface area contributed by atoms with Gasteiger partial charge in [0.05, 0.1) is 5.69 Å². The molecule has 0 aromatic heterocycles. The van der Waals surface area contributed by atoms with E-state index in [-0.39, 0.29) is 5.84 Å². The van der Waals surface area contributed by atoms with Crippen LogP contribution in [0.4, 0.5) is 10.5 Å². The van der Waals surface area contributed by atoms with Crippen molar-refractivity contribution in [1.29, 1.82) is 5.41 Å². The summed E-state index contributed by atoms with van der Waals surface area (Å²) >= 11 is 0. The highest BCUT2D eigenvalue weighted by Crippen LogP contribution is 2.23. The van der Waals surface area contributed by atoms with Crippen LogP contribution in [-0.4, -0.2) is 18.0 Å². The van der Waals surface area contributed by atoms with Gasteiger partial charge in [-0.3, -0.25) is 5.41 Å². The molecule has 4 nitrogen and oxygen atoms in total. The summed E-state index contributed by atoms with van der Waals surface area (Å²) in [4.78, 5) is 12.8. The lowest BCUT2D eigenvalue weighted by molar-refractivity contribution is 0.150. The number of anilines is 1. The number of nitrogens with one attached hydrogen (secondary N) is 1. The summed E-state index contributed by atoms with van der Waals surface area (Å²) in [5, 5.41) is 7.81. The Kier molecular flexibility index (Phi) is 2.41. The number of hydrogen-bond acceptors (Lipinski definition) is 3. The number of cyclic esters (lactones) is 1. The van der Waals surface area contributed by atoms with Crippen molar-refractivity contribution in [2.45, 2.75) is 19.4 Å². The average molecular weight is 204 g/mol. The fourth-order valence-corrected chi connectivity index (χ4v) is 1.57. The van der Waals surface area contributed by atoms with Crippen molar-refractivity contribution in [2.75, 3.05) is 4.90 Å². The Hall–Kier alpha value is -1.84. The van der Waals surface area contributed by atoms with E-state index >= 15 is 0 Å². The average Bonchev–Trinajstić information content (AvgIpc) is 2.55. The maximum atomic E-state index is 11.5. The lowest BCUT2D eigenvalue weighted by atomic mass is 10.2. The van der Waals surface area contributed by atoms with Gasteiger partial charge in [-0.25, -0.2) is 9.69 Å². The highest BCUT2D eigenvalue weighted by atomic mass is 16.6. The van der Waals surface area contributed by atoms with Crippen molar-refractivity contribution < 1.29 is 9.53 Å². The second-order valence-corrected chi connectivity index (χ2v) is 3.34. The van der Waals surface area contributed by atoms with Crippen molar-refractivity contribution in [3.05, 3.63) is 30.3 Å². The minimum atomic E-state index is -0.460. The number of amides is 1. The van der Waals surface area contributed by atoms with Crippen molar-refractivity contribution in [3.63, 3.8) is 0 Å². The Labute approximate surface area is 88.0 Å². The molecule has 4 heteroatoms. The maximum Gasteiger partial charge on any atom is 0.420 e. The van der Waals surface area contributed by atoms with E-state index in [0.29, 0.717) is 12.1 Å². The van der Waals surface area contributed by atoms with Crippen LogP contribution in [0.25, 0.3) is 0 Å². The molecule has 0 radical (unpaired) electrons. The topological polar surface area (TPSA) is 53.4 Å². The third-order valence-corrected chi connectivity index (χ3v) is 2.36. The molecular formula is C11H12N2O2. The summed E-state index contributed by atoms with van der Waals surface area (Å²) in [5.74, 6) is 0.216. The van der Waals surface area contributed by atoms with Crippen LogP contribution in [0.3, 0.4) is 0 Å². The van der Waals surface area contributed by atoms with Crippen LogP contribution >= 0.6 is 0 Å². The minimum Gasteiger partial charge on any atom is -0.437 e. The largest absolute Gasteiger partial charge is 0.437 e. The van der Waals surface area contributed by atoms with E-state index in [1.54, 1.807) is 12.1 Å². The second kappa shape index (κ2) is 3.73. The van der Waals surface area contributed by atoms with E-state index in [1.807, 2.05) is 25.1 Å². The number of rotatable bonds is 2. The predicted molar refractivity (Wildman–Crippen MR) is 57.2 cm³/mol. The van der Waals surface area contributed by atoms with Crippen LogP contribution in [0, 0.1) is 5.41 Å². The summed E-state index contributed by atoms with van der Waals surface area (Å²) in [6.07, 6.45) is -0.232. The van der Waals surface area contributed by atoms with E-state index in [4.69, 9.17) is 10.1 Å². The van der Waals surface area contributed by atoms with E-state index in [2.05, 4.69) is 0 Å². The zero-order valence-corrected chi connectivity index (χ0v) is 8.43. The number of para-hydroxylation sites is 1. The molecule has 78 valence electrons. The van der Waals surface area contributed by atoms with Gasteiger partial charge in [-0.05, 0) is 18.6 Å². The quantitative estimate of drug-likeness (QED) is 0.804. The zero-order valence-electron chi connectivity index (χ0n) is 8.43. The molecule has 1 amide bonds. The van der Waals surface area contributed by atoms with Gasteiger partial charge in [0.15, 0.2) is 11.9 Å². The third kappa shape index (κ3) is 1.58. The number of carbonyl (C=O) groups is 1. The second-order valence-electron chi connectivity index (χ2n) is 3.34. The van der Waals surface area contributed by atoms with Crippen LogP contribution in [0.5, 0.6) is 0 Å². The molecule has 15 heavy (non-hydrogen) atoms. The van der Waals surface area contributed by atoms with Crippen molar-refractivity contribution in [2.24, 2.45) is 0 Å². The van der Waals surface area contributed by atoms with Crippen LogP contribution in [0.2, 0.25) is 0 Å². The highest BCUT2D eigenvalue weighted by Gasteiger charge is 2.37. The number of amidine groups is 1. The Morgan fingerprint density at radius 3 is 2.60 bits per heavy atom. The van der Waals surface area contributed by atoms with Crippen molar-refractivity contribution in [1.82, 2.24) is 0 Å². The van der Waals surface area contributed by atoms with Gasteiger partial charge in [0.1, 0.15) is 0 Å². The maximum absolute atomic E-state index is 11.5. The zero-order chi connectivity index (χ0) is 10.8. The molecule has 1 aliphatic rings. The van der Waals surface area contributed by atoms with E-state index in [9.17, 15) is 4.79 Å². The molecule has 1 aromatic carbocycles. The number of benzene rings is 1. The first kappa shape index (κ1) is 9.71. The number of hydrogen-bond donors (Lipinski definition) is 1. The predicted octanol–water partition coefficient (Wildman–Crippen LogP) is 2.40. The molecule has 1 aliphatic heterocycles. The highest BCUT2D eigenvalue weighted by molar-refractivity contribution is 6.19. The normalized spacial score (nSPS) is 20.6. The first-order valence-electron chi connectivity index (χ1n) is 4.88. The van der Waals surface area contributed by atoms with Crippen LogP contribution in [-0.2, 0) is 4.74 Å². The van der Waals surface area contributed by atoms with E-state index < -0.39 is 12.2 Å². The molecule has 1 unspecified atom stereocenters. The van der Waals surface area contributed by atoms with Crippen molar-refractivity contribution >= 4 is 17.6 Å². The summed E-state index contributed by atoms with van der Waals surface area (Å²) < 4.78 is 5.05. The first-order valence-corrected chi connectivity index (χ1v) is 4.88. The molecule has 1 atom stereocenters. The van der Waals surface area contributed by atoms with Gasteiger partial charge in [-0.1, -0.05) is 25.1 Å². The number of nitrogens with zero attached hydrogens (tertiary/aromatic N) is 1. The molecule has 0 saturated carbocycles. The summed E-state index contributed by atoms with van der Waals surface area (Å²) in [6.45, 7) is 1.89. The lowest BCUT2D eigenvalue weighted by Crippen LogP contribution is -2.30. The summed E-state index contributed by atoms with van der Waals surface area (Å²) in [5.41, 5.74) is 0.684. The van der Waals surface area contributed by atoms with Gasteiger partial charge in [0.25, 0.3) is 0 Å². The molecule has 1 saturated heterocycles. The number of carbonyl (C=O) groups excluding carboxylic acids is 1. The Bertz CT molecular complexity index is 389. The SMILES string of the molecule is CCC1OC(=O)N(c2ccccc2)C1=N. The monoisotopic (exact) mass is 204 g/mol. The van der Waals surface area contributed by atoms with E-state index in [1.165, 1.54) is 4.90 Å². The molecule has 1 fully saturated rings.